The maximum absolute atomic E-state index is 12.7. The molecule has 3 fully saturated rings. The van der Waals surface area contributed by atoms with Gasteiger partial charge in [-0.15, -0.1) is 0 Å². The Morgan fingerprint density at radius 3 is 2.41 bits per heavy atom. The molecule has 0 aromatic rings. The molecule has 7 unspecified atom stereocenters. The molecule has 0 bridgehead atoms. The molecule has 184 valence electrons. The molecule has 0 amide bonds. The number of hydrogen-bond acceptors (Lipinski definition) is 3. The molecule has 3 aliphatic rings. The highest BCUT2D eigenvalue weighted by Crippen LogP contribution is 2.64. The molecule has 2 N–H and O–H groups in total. The second-order valence-corrected chi connectivity index (χ2v) is 13.0. The fraction of sp³-hybridized carbons (Fsp3) is 0.931. The van der Waals surface area contributed by atoms with Gasteiger partial charge < -0.3 is 5.73 Å². The smallest absolute Gasteiger partial charge is 0.150 e. The number of Topliss-reactive ketones (excluding diaryl/α,β-unsaturated/α-hetero) is 2. The highest BCUT2D eigenvalue weighted by Gasteiger charge is 2.55. The quantitative estimate of drug-likeness (QED) is 0.417. The zero-order chi connectivity index (χ0) is 23.7. The normalized spacial score (nSPS) is 37.4. The fourth-order valence-corrected chi connectivity index (χ4v) is 8.12. The van der Waals surface area contributed by atoms with E-state index in [1.807, 2.05) is 6.92 Å². The lowest BCUT2D eigenvalue weighted by molar-refractivity contribution is -0.129. The average molecular weight is 446 g/mol. The molecule has 3 nitrogen and oxygen atoms in total. The van der Waals surface area contributed by atoms with Crippen molar-refractivity contribution >= 4 is 11.6 Å². The van der Waals surface area contributed by atoms with E-state index >= 15 is 0 Å². The average Bonchev–Trinajstić information content (AvgIpc) is 2.74. The third-order valence-electron chi connectivity index (χ3n) is 10.4. The highest BCUT2D eigenvalue weighted by molar-refractivity contribution is 5.84. The summed E-state index contributed by atoms with van der Waals surface area (Å²) in [5, 5.41) is 0. The Bertz CT molecular complexity index is 668. The third kappa shape index (κ3) is 5.34. The fourth-order valence-electron chi connectivity index (χ4n) is 8.12. The minimum atomic E-state index is -0.292. The van der Waals surface area contributed by atoms with Gasteiger partial charge in [-0.1, -0.05) is 41.5 Å². The van der Waals surface area contributed by atoms with Gasteiger partial charge in [0.1, 0.15) is 11.6 Å². The van der Waals surface area contributed by atoms with Gasteiger partial charge in [0.2, 0.25) is 0 Å². The standard InChI is InChI=1S/C29H51NO2/c1-7-22(31)9-8-10-24-23-12-11-21-17-20(18-26(32)27(30)19(2)3)13-16-29(21,6)25(23)14-15-28(24,4)5/h19-21,23-25,27H,7-18,30H2,1-6H3. The van der Waals surface area contributed by atoms with Crippen LogP contribution in [0.2, 0.25) is 0 Å². The molecule has 7 atom stereocenters. The van der Waals surface area contributed by atoms with Crippen LogP contribution in [0.1, 0.15) is 119 Å². The third-order valence-corrected chi connectivity index (χ3v) is 10.4. The Labute approximate surface area is 198 Å². The van der Waals surface area contributed by atoms with Gasteiger partial charge in [0.15, 0.2) is 0 Å². The zero-order valence-corrected chi connectivity index (χ0v) is 21.9. The maximum Gasteiger partial charge on any atom is 0.150 e. The van der Waals surface area contributed by atoms with Crippen LogP contribution in [0.5, 0.6) is 0 Å². The van der Waals surface area contributed by atoms with Crippen LogP contribution >= 0.6 is 0 Å². The first kappa shape index (κ1) is 25.9. The number of carbonyl (C=O) groups is 2. The van der Waals surface area contributed by atoms with E-state index in [-0.39, 0.29) is 17.7 Å². The number of nitrogens with two attached hydrogens (primary N) is 1. The van der Waals surface area contributed by atoms with E-state index in [1.54, 1.807) is 0 Å². The van der Waals surface area contributed by atoms with Gasteiger partial charge in [-0.25, -0.2) is 0 Å². The van der Waals surface area contributed by atoms with Gasteiger partial charge >= 0.3 is 0 Å². The van der Waals surface area contributed by atoms with Gasteiger partial charge in [0, 0.05) is 19.3 Å². The first-order valence-corrected chi connectivity index (χ1v) is 13.8. The molecule has 0 heterocycles. The van der Waals surface area contributed by atoms with Crippen LogP contribution in [-0.2, 0) is 9.59 Å². The van der Waals surface area contributed by atoms with Crippen molar-refractivity contribution < 1.29 is 9.59 Å². The van der Waals surface area contributed by atoms with E-state index in [0.717, 1.165) is 36.5 Å². The molecular weight excluding hydrogens is 394 g/mol. The van der Waals surface area contributed by atoms with E-state index < -0.39 is 0 Å². The molecule has 3 heteroatoms. The van der Waals surface area contributed by atoms with E-state index in [9.17, 15) is 9.59 Å². The van der Waals surface area contributed by atoms with Crippen LogP contribution in [0.4, 0.5) is 0 Å². The SMILES string of the molecule is CCC(=O)CCCC1C2CCC3CC(CC(=O)C(N)C(C)C)CCC3(C)C2CCC1(C)C. The molecule has 3 aliphatic carbocycles. The summed E-state index contributed by atoms with van der Waals surface area (Å²) < 4.78 is 0. The predicted molar refractivity (Wildman–Crippen MR) is 133 cm³/mol. The van der Waals surface area contributed by atoms with Crippen molar-refractivity contribution in [1.29, 1.82) is 0 Å². The Kier molecular flexibility index (Phi) is 8.33. The molecule has 0 aromatic heterocycles. The summed E-state index contributed by atoms with van der Waals surface area (Å²) in [7, 11) is 0. The first-order valence-electron chi connectivity index (χ1n) is 13.8. The van der Waals surface area contributed by atoms with Crippen LogP contribution < -0.4 is 5.73 Å². The number of hydrogen-bond donors (Lipinski definition) is 1. The Balaban J connectivity index is 1.66. The number of rotatable bonds is 9. The molecule has 0 aliphatic heterocycles. The summed E-state index contributed by atoms with van der Waals surface area (Å²) in [4.78, 5) is 24.5. The maximum atomic E-state index is 12.7. The lowest BCUT2D eigenvalue weighted by Gasteiger charge is -2.61. The minimum Gasteiger partial charge on any atom is -0.321 e. The van der Waals surface area contributed by atoms with E-state index in [4.69, 9.17) is 5.73 Å². The van der Waals surface area contributed by atoms with E-state index in [1.165, 1.54) is 51.4 Å². The summed E-state index contributed by atoms with van der Waals surface area (Å²) in [6.45, 7) is 13.7. The molecule has 3 rings (SSSR count). The van der Waals surface area contributed by atoms with Crippen molar-refractivity contribution in [2.75, 3.05) is 0 Å². The van der Waals surface area contributed by atoms with Crippen molar-refractivity contribution in [1.82, 2.24) is 0 Å². The molecule has 3 saturated carbocycles. The van der Waals surface area contributed by atoms with Gasteiger partial charge in [-0.05, 0) is 104 Å². The van der Waals surface area contributed by atoms with Gasteiger partial charge in [-0.3, -0.25) is 9.59 Å². The lowest BCUT2D eigenvalue weighted by Crippen LogP contribution is -2.53. The summed E-state index contributed by atoms with van der Waals surface area (Å²) in [5.74, 6) is 4.67. The second-order valence-electron chi connectivity index (χ2n) is 13.0. The summed E-state index contributed by atoms with van der Waals surface area (Å²) in [5.41, 5.74) is 7.00. The molecule has 0 radical (unpaired) electrons. The Hall–Kier alpha value is -0.700. The molecule has 0 saturated heterocycles. The summed E-state index contributed by atoms with van der Waals surface area (Å²) in [6, 6.07) is -0.292. The Morgan fingerprint density at radius 2 is 1.75 bits per heavy atom. The van der Waals surface area contributed by atoms with Crippen LogP contribution in [0.3, 0.4) is 0 Å². The first-order chi connectivity index (χ1) is 15.0. The minimum absolute atomic E-state index is 0.238. The number of fused-ring (bicyclic) bond motifs is 3. The van der Waals surface area contributed by atoms with Crippen molar-refractivity contribution in [3.05, 3.63) is 0 Å². The van der Waals surface area contributed by atoms with Crippen LogP contribution in [0, 0.1) is 46.3 Å². The largest absolute Gasteiger partial charge is 0.321 e. The van der Waals surface area contributed by atoms with Crippen molar-refractivity contribution in [2.45, 2.75) is 125 Å². The van der Waals surface area contributed by atoms with Gasteiger partial charge in [-0.2, -0.15) is 0 Å². The monoisotopic (exact) mass is 445 g/mol. The van der Waals surface area contributed by atoms with Gasteiger partial charge in [0.05, 0.1) is 6.04 Å². The highest BCUT2D eigenvalue weighted by atomic mass is 16.1. The predicted octanol–water partition coefficient (Wildman–Crippen LogP) is 6.96. The summed E-state index contributed by atoms with van der Waals surface area (Å²) >= 11 is 0. The Morgan fingerprint density at radius 1 is 1.03 bits per heavy atom. The summed E-state index contributed by atoms with van der Waals surface area (Å²) in [6.07, 6.45) is 13.6. The van der Waals surface area contributed by atoms with E-state index in [0.29, 0.717) is 35.4 Å². The van der Waals surface area contributed by atoms with Gasteiger partial charge in [0.25, 0.3) is 0 Å². The lowest BCUT2D eigenvalue weighted by atomic mass is 9.44. The van der Waals surface area contributed by atoms with Crippen molar-refractivity contribution in [2.24, 2.45) is 52.1 Å². The van der Waals surface area contributed by atoms with Crippen LogP contribution in [0.25, 0.3) is 0 Å². The van der Waals surface area contributed by atoms with Crippen molar-refractivity contribution in [3.8, 4) is 0 Å². The molecule has 0 aromatic carbocycles. The van der Waals surface area contributed by atoms with Crippen LogP contribution in [0.15, 0.2) is 0 Å². The topological polar surface area (TPSA) is 60.2 Å². The van der Waals surface area contributed by atoms with E-state index in [2.05, 4.69) is 34.6 Å². The second kappa shape index (κ2) is 10.3. The number of ketones is 2. The van der Waals surface area contributed by atoms with Crippen LogP contribution in [-0.4, -0.2) is 17.6 Å². The van der Waals surface area contributed by atoms with Crippen molar-refractivity contribution in [3.63, 3.8) is 0 Å². The molecular formula is C29H51NO2. The zero-order valence-electron chi connectivity index (χ0n) is 21.9. The molecule has 0 spiro atoms. The number of carbonyl (C=O) groups excluding carboxylic acids is 2. The molecule has 32 heavy (non-hydrogen) atoms.